The first-order chi connectivity index (χ1) is 12.5. The summed E-state index contributed by atoms with van der Waals surface area (Å²) in [4.78, 5) is 23.7. The highest BCUT2D eigenvalue weighted by atomic mass is 32.2. The van der Waals surface area contributed by atoms with Gasteiger partial charge in [0.25, 0.3) is 0 Å². The van der Waals surface area contributed by atoms with E-state index in [1.54, 1.807) is 0 Å². The molecular formula is C17H22N4O2S3. The van der Waals surface area contributed by atoms with E-state index in [0.717, 1.165) is 31.9 Å². The number of carbonyl (C=O) groups excluding carboxylic acids is 2. The minimum absolute atomic E-state index is 0.00541. The van der Waals surface area contributed by atoms with Crippen molar-refractivity contribution < 1.29 is 9.59 Å². The maximum atomic E-state index is 12.1. The quantitative estimate of drug-likeness (QED) is 0.616. The second kappa shape index (κ2) is 10.5. The first kappa shape index (κ1) is 20.7. The molecule has 0 spiro atoms. The van der Waals surface area contributed by atoms with Crippen LogP contribution in [0.25, 0.3) is 0 Å². The predicted molar refractivity (Wildman–Crippen MR) is 109 cm³/mol. The lowest BCUT2D eigenvalue weighted by Gasteiger charge is -2.08. The second-order valence-electron chi connectivity index (χ2n) is 5.63. The van der Waals surface area contributed by atoms with Gasteiger partial charge in [0.05, 0.1) is 11.5 Å². The third-order valence-corrected chi connectivity index (χ3v) is 6.47. The number of rotatable bonds is 9. The first-order valence-corrected chi connectivity index (χ1v) is 11.0. The van der Waals surface area contributed by atoms with E-state index in [9.17, 15) is 9.59 Å². The van der Waals surface area contributed by atoms with Gasteiger partial charge in [0.1, 0.15) is 0 Å². The third kappa shape index (κ3) is 6.97. The number of aryl methyl sites for hydroxylation is 2. The Morgan fingerprint density at radius 3 is 2.38 bits per heavy atom. The van der Waals surface area contributed by atoms with Crippen molar-refractivity contribution in [2.75, 3.05) is 23.4 Å². The summed E-state index contributed by atoms with van der Waals surface area (Å²) in [6.45, 7) is 6.66. The average Bonchev–Trinajstić information content (AvgIpc) is 3.07. The van der Waals surface area contributed by atoms with Gasteiger partial charge in [0, 0.05) is 12.2 Å². The number of hydrogen-bond donors (Lipinski definition) is 2. The molecule has 2 rings (SSSR count). The third-order valence-electron chi connectivity index (χ3n) is 3.28. The molecule has 0 aliphatic carbocycles. The van der Waals surface area contributed by atoms with Crippen LogP contribution in [0, 0.1) is 13.8 Å². The van der Waals surface area contributed by atoms with Crippen LogP contribution in [0.15, 0.2) is 26.9 Å². The number of carbonyl (C=O) groups is 2. The van der Waals surface area contributed by atoms with Gasteiger partial charge in [-0.25, -0.2) is 0 Å². The van der Waals surface area contributed by atoms with Crippen LogP contribution in [0.5, 0.6) is 0 Å². The molecule has 1 aromatic carbocycles. The number of amides is 2. The average molecular weight is 411 g/mol. The van der Waals surface area contributed by atoms with E-state index in [1.807, 2.05) is 39.0 Å². The van der Waals surface area contributed by atoms with Gasteiger partial charge in [-0.05, 0) is 37.5 Å². The van der Waals surface area contributed by atoms with Crippen molar-refractivity contribution in [2.24, 2.45) is 0 Å². The molecule has 26 heavy (non-hydrogen) atoms. The highest BCUT2D eigenvalue weighted by Crippen LogP contribution is 2.28. The van der Waals surface area contributed by atoms with Crippen LogP contribution in [0.3, 0.4) is 0 Å². The highest BCUT2D eigenvalue weighted by Gasteiger charge is 2.11. The number of anilines is 1. The van der Waals surface area contributed by atoms with Crippen molar-refractivity contribution >= 4 is 52.4 Å². The molecule has 1 aromatic heterocycles. The van der Waals surface area contributed by atoms with Gasteiger partial charge >= 0.3 is 0 Å². The van der Waals surface area contributed by atoms with Crippen LogP contribution in [0.1, 0.15) is 24.5 Å². The lowest BCUT2D eigenvalue weighted by atomic mass is 10.1. The van der Waals surface area contributed by atoms with Crippen molar-refractivity contribution in [2.45, 2.75) is 35.9 Å². The van der Waals surface area contributed by atoms with Crippen molar-refractivity contribution in [1.29, 1.82) is 0 Å². The smallest absolute Gasteiger partial charge is 0.234 e. The van der Waals surface area contributed by atoms with Crippen molar-refractivity contribution in [1.82, 2.24) is 15.5 Å². The number of benzene rings is 1. The molecule has 2 N–H and O–H groups in total. The van der Waals surface area contributed by atoms with Crippen molar-refractivity contribution in [3.05, 3.63) is 29.3 Å². The topological polar surface area (TPSA) is 84.0 Å². The van der Waals surface area contributed by atoms with Crippen LogP contribution < -0.4 is 10.6 Å². The molecule has 9 heteroatoms. The normalized spacial score (nSPS) is 10.6. The summed E-state index contributed by atoms with van der Waals surface area (Å²) >= 11 is 4.10. The Bertz CT molecular complexity index is 764. The Labute approximate surface area is 165 Å². The number of thioether (sulfide) groups is 2. The molecule has 0 atom stereocenters. The molecule has 0 saturated heterocycles. The number of aromatic nitrogens is 2. The van der Waals surface area contributed by atoms with Crippen LogP contribution in [0.4, 0.5) is 5.69 Å². The predicted octanol–water partition coefficient (Wildman–Crippen LogP) is 3.50. The number of nitrogens with one attached hydrogen (secondary N) is 2. The fourth-order valence-electron chi connectivity index (χ4n) is 1.94. The monoisotopic (exact) mass is 410 g/mol. The van der Waals surface area contributed by atoms with Crippen LogP contribution in [0.2, 0.25) is 0 Å². The molecule has 0 saturated carbocycles. The summed E-state index contributed by atoms with van der Waals surface area (Å²) in [7, 11) is 0. The van der Waals surface area contributed by atoms with E-state index in [4.69, 9.17) is 0 Å². The summed E-state index contributed by atoms with van der Waals surface area (Å²) in [6.07, 6.45) is 0.917. The van der Waals surface area contributed by atoms with Gasteiger partial charge in [-0.3, -0.25) is 9.59 Å². The van der Waals surface area contributed by atoms with Gasteiger partial charge < -0.3 is 10.6 Å². The van der Waals surface area contributed by atoms with Crippen molar-refractivity contribution in [3.63, 3.8) is 0 Å². The number of hydrogen-bond acceptors (Lipinski definition) is 7. The molecule has 0 unspecified atom stereocenters. The van der Waals surface area contributed by atoms with E-state index in [0.29, 0.717) is 12.3 Å². The van der Waals surface area contributed by atoms with Gasteiger partial charge in [-0.2, -0.15) is 0 Å². The standard InChI is InChI=1S/C17H22N4O2S3/c1-4-7-18-14(22)9-24-16-20-21-17(26-16)25-10-15(23)19-13-8-11(2)5-6-12(13)3/h5-6,8H,4,7,9-10H2,1-3H3,(H,18,22)(H,19,23). The molecule has 6 nitrogen and oxygen atoms in total. The molecule has 0 bridgehead atoms. The van der Waals surface area contributed by atoms with Crippen LogP contribution in [-0.4, -0.2) is 40.1 Å². The fourth-order valence-corrected chi connectivity index (χ4v) is 4.59. The maximum absolute atomic E-state index is 12.1. The zero-order chi connectivity index (χ0) is 18.9. The van der Waals surface area contributed by atoms with Gasteiger partial charge in [-0.1, -0.05) is 53.9 Å². The molecule has 1 heterocycles. The minimum Gasteiger partial charge on any atom is -0.355 e. The van der Waals surface area contributed by atoms with Crippen LogP contribution in [-0.2, 0) is 9.59 Å². The summed E-state index contributed by atoms with van der Waals surface area (Å²) in [5.41, 5.74) is 2.97. The Kier molecular flexibility index (Phi) is 8.40. The largest absolute Gasteiger partial charge is 0.355 e. The maximum Gasteiger partial charge on any atom is 0.234 e. The Hall–Kier alpha value is -1.58. The Morgan fingerprint density at radius 2 is 1.73 bits per heavy atom. The molecule has 0 aliphatic heterocycles. The van der Waals surface area contributed by atoms with Gasteiger partial charge in [-0.15, -0.1) is 10.2 Å². The second-order valence-corrected chi connectivity index (χ2v) is 9.05. The Morgan fingerprint density at radius 1 is 1.08 bits per heavy atom. The molecular weight excluding hydrogens is 388 g/mol. The first-order valence-electron chi connectivity index (χ1n) is 8.21. The van der Waals surface area contributed by atoms with E-state index < -0.39 is 0 Å². The molecule has 140 valence electrons. The van der Waals surface area contributed by atoms with E-state index in [2.05, 4.69) is 20.8 Å². The fraction of sp³-hybridized carbons (Fsp3) is 0.412. The Balaban J connectivity index is 1.77. The van der Waals surface area contributed by atoms with Gasteiger partial charge in [0.15, 0.2) is 8.68 Å². The highest BCUT2D eigenvalue weighted by molar-refractivity contribution is 8.03. The van der Waals surface area contributed by atoms with Gasteiger partial charge in [0.2, 0.25) is 11.8 Å². The van der Waals surface area contributed by atoms with Crippen LogP contribution >= 0.6 is 34.9 Å². The lowest BCUT2D eigenvalue weighted by Crippen LogP contribution is -2.25. The zero-order valence-electron chi connectivity index (χ0n) is 15.0. The zero-order valence-corrected chi connectivity index (χ0v) is 17.4. The molecule has 0 aliphatic rings. The van der Waals surface area contributed by atoms with E-state index >= 15 is 0 Å². The summed E-state index contributed by atoms with van der Waals surface area (Å²) < 4.78 is 1.45. The molecule has 0 radical (unpaired) electrons. The van der Waals surface area contributed by atoms with E-state index in [-0.39, 0.29) is 17.6 Å². The molecule has 0 fully saturated rings. The minimum atomic E-state index is -0.0768. The number of nitrogens with zero attached hydrogens (tertiary/aromatic N) is 2. The van der Waals surface area contributed by atoms with E-state index in [1.165, 1.54) is 34.9 Å². The summed E-state index contributed by atoms with van der Waals surface area (Å²) in [5.74, 6) is 0.511. The SMILES string of the molecule is CCCNC(=O)CSc1nnc(SCC(=O)Nc2cc(C)ccc2C)s1. The summed E-state index contributed by atoms with van der Waals surface area (Å²) in [6, 6.07) is 5.97. The van der Waals surface area contributed by atoms with Crippen molar-refractivity contribution in [3.8, 4) is 0 Å². The molecule has 2 amide bonds. The molecule has 2 aromatic rings. The summed E-state index contributed by atoms with van der Waals surface area (Å²) in [5, 5.41) is 13.9. The lowest BCUT2D eigenvalue weighted by molar-refractivity contribution is -0.118.